The van der Waals surface area contributed by atoms with Gasteiger partial charge in [-0.1, -0.05) is 68.0 Å². The normalized spacial score (nSPS) is 21.9. The summed E-state index contributed by atoms with van der Waals surface area (Å²) < 4.78 is 5.11. The molecule has 1 aromatic heterocycles. The van der Waals surface area contributed by atoms with Crippen LogP contribution in [0.5, 0.6) is 0 Å². The predicted octanol–water partition coefficient (Wildman–Crippen LogP) is 4.34. The van der Waals surface area contributed by atoms with Crippen molar-refractivity contribution in [3.8, 4) is 0 Å². The minimum absolute atomic E-state index is 0.172. The van der Waals surface area contributed by atoms with Crippen LogP contribution < -0.4 is 16.0 Å². The Hall–Kier alpha value is -3.88. The van der Waals surface area contributed by atoms with Crippen molar-refractivity contribution in [2.75, 3.05) is 12.4 Å². The first-order chi connectivity index (χ1) is 19.5. The molecule has 0 aliphatic carbocycles. The quantitative estimate of drug-likeness (QED) is 0.198. The number of H-pyrrole nitrogens is 1. The van der Waals surface area contributed by atoms with Crippen LogP contribution in [0.25, 0.3) is 10.9 Å². The van der Waals surface area contributed by atoms with E-state index >= 15 is 0 Å². The minimum Gasteiger partial charge on any atom is -0.467 e. The lowest BCUT2D eigenvalue weighted by Crippen LogP contribution is -2.51. The molecule has 1 saturated heterocycles. The molecular weight excluding hydrogens is 516 g/mol. The molecule has 4 atom stereocenters. The van der Waals surface area contributed by atoms with Gasteiger partial charge in [-0.2, -0.15) is 0 Å². The van der Waals surface area contributed by atoms with Gasteiger partial charge in [-0.3, -0.25) is 10.1 Å². The summed E-state index contributed by atoms with van der Waals surface area (Å²) in [5.74, 6) is -0.896. The number of amides is 1. The lowest BCUT2D eigenvalue weighted by Gasteiger charge is -2.24. The van der Waals surface area contributed by atoms with Crippen LogP contribution in [0, 0.1) is 0 Å². The molecule has 3 aromatic rings. The number of allylic oxidation sites excluding steroid dienone is 3. The Kier molecular flexibility index (Phi) is 7.57. The number of esters is 1. The van der Waals surface area contributed by atoms with Gasteiger partial charge in [-0.25, -0.2) is 4.79 Å². The van der Waals surface area contributed by atoms with E-state index in [4.69, 9.17) is 4.74 Å². The highest BCUT2D eigenvalue weighted by Crippen LogP contribution is 2.46. The van der Waals surface area contributed by atoms with E-state index in [1.165, 1.54) is 12.7 Å². The Morgan fingerprint density at radius 3 is 2.68 bits per heavy atom. The summed E-state index contributed by atoms with van der Waals surface area (Å²) in [7, 11) is 1.32. The zero-order valence-electron chi connectivity index (χ0n) is 24.4. The molecule has 0 radical (unpaired) electrons. The molecule has 216 valence electrons. The van der Waals surface area contributed by atoms with Gasteiger partial charge in [-0.15, -0.1) is 6.58 Å². The third-order valence-corrected chi connectivity index (χ3v) is 8.49. The Balaban J connectivity index is 1.38. The standard InChI is InChI=1S/C33H40N4O4/c1-7-32(4,5)28-22(21-12-8-9-14-24(21)34-28)17-25(30(39)41-6)35-29(38)26-18-33(40)23-13-10-11-20(16-15-19(2)3)27(23)37-31(33)36-26/h7-15,25-26,31,34,36-37,40H,1,16-18H2,2-6H3,(H,35,38)/t25-,26-,31-,33-/m0/s1. The number of anilines is 1. The lowest BCUT2D eigenvalue weighted by atomic mass is 9.85. The van der Waals surface area contributed by atoms with Crippen LogP contribution in [0.4, 0.5) is 5.69 Å². The smallest absolute Gasteiger partial charge is 0.328 e. The molecule has 5 rings (SSSR count). The van der Waals surface area contributed by atoms with Crippen molar-refractivity contribution >= 4 is 28.5 Å². The zero-order valence-corrected chi connectivity index (χ0v) is 24.4. The van der Waals surface area contributed by atoms with E-state index in [0.717, 1.165) is 45.4 Å². The number of aliphatic hydroxyl groups is 1. The number of aromatic amines is 1. The number of nitrogens with one attached hydrogen (secondary N) is 4. The lowest BCUT2D eigenvalue weighted by molar-refractivity contribution is -0.145. The van der Waals surface area contributed by atoms with Gasteiger partial charge in [0.2, 0.25) is 5.91 Å². The van der Waals surface area contributed by atoms with Gasteiger partial charge in [0, 0.05) is 46.1 Å². The van der Waals surface area contributed by atoms with E-state index < -0.39 is 35.2 Å². The molecule has 0 saturated carbocycles. The SMILES string of the molecule is C=CC(C)(C)c1[nH]c2ccccc2c1C[C@H](NC(=O)[C@@H]1C[C@]2(O)c3cccc(CC=C(C)C)c3N[C@@H]2N1)C(=O)OC. The highest BCUT2D eigenvalue weighted by atomic mass is 16.5. The first kappa shape index (κ1) is 28.6. The van der Waals surface area contributed by atoms with Crippen molar-refractivity contribution in [3.05, 3.63) is 89.2 Å². The van der Waals surface area contributed by atoms with Crippen LogP contribution in [0.3, 0.4) is 0 Å². The summed E-state index contributed by atoms with van der Waals surface area (Å²) >= 11 is 0. The number of methoxy groups -OCH3 is 1. The van der Waals surface area contributed by atoms with Crippen LogP contribution in [0.1, 0.15) is 56.5 Å². The molecule has 41 heavy (non-hydrogen) atoms. The maximum atomic E-state index is 13.6. The Labute approximate surface area is 241 Å². The van der Waals surface area contributed by atoms with Crippen molar-refractivity contribution < 1.29 is 19.4 Å². The van der Waals surface area contributed by atoms with Gasteiger partial charge in [-0.05, 0) is 37.5 Å². The molecule has 8 heteroatoms. The van der Waals surface area contributed by atoms with E-state index in [1.807, 2.05) is 48.5 Å². The molecule has 8 nitrogen and oxygen atoms in total. The van der Waals surface area contributed by atoms with E-state index in [-0.39, 0.29) is 18.7 Å². The van der Waals surface area contributed by atoms with Gasteiger partial charge in [0.25, 0.3) is 0 Å². The second kappa shape index (κ2) is 10.8. The van der Waals surface area contributed by atoms with E-state index in [9.17, 15) is 14.7 Å². The predicted molar refractivity (Wildman–Crippen MR) is 162 cm³/mol. The van der Waals surface area contributed by atoms with Crippen LogP contribution >= 0.6 is 0 Å². The monoisotopic (exact) mass is 556 g/mol. The van der Waals surface area contributed by atoms with Gasteiger partial charge < -0.3 is 25.5 Å². The minimum atomic E-state index is -1.25. The summed E-state index contributed by atoms with van der Waals surface area (Å²) in [6.07, 6.45) is 4.66. The number of aromatic nitrogens is 1. The summed E-state index contributed by atoms with van der Waals surface area (Å²) in [6.45, 7) is 12.2. The summed E-state index contributed by atoms with van der Waals surface area (Å²) in [6, 6.07) is 12.2. The van der Waals surface area contributed by atoms with Crippen molar-refractivity contribution in [2.24, 2.45) is 0 Å². The number of rotatable bonds is 9. The van der Waals surface area contributed by atoms with E-state index in [1.54, 1.807) is 0 Å². The number of ether oxygens (including phenoxy) is 1. The zero-order chi connectivity index (χ0) is 29.5. The first-order valence-corrected chi connectivity index (χ1v) is 14.1. The van der Waals surface area contributed by atoms with Gasteiger partial charge in [0.05, 0.1) is 13.2 Å². The molecule has 1 amide bonds. The number of benzene rings is 2. The number of para-hydroxylation sites is 2. The molecule has 1 fully saturated rings. The fraction of sp³-hybridized carbons (Fsp3) is 0.394. The van der Waals surface area contributed by atoms with Crippen molar-refractivity contribution in [1.82, 2.24) is 15.6 Å². The fourth-order valence-electron chi connectivity index (χ4n) is 6.06. The molecule has 0 bridgehead atoms. The molecule has 5 N–H and O–H groups in total. The average molecular weight is 557 g/mol. The number of hydrogen-bond acceptors (Lipinski definition) is 6. The first-order valence-electron chi connectivity index (χ1n) is 14.1. The van der Waals surface area contributed by atoms with Crippen molar-refractivity contribution in [2.45, 2.75) is 76.2 Å². The number of fused-ring (bicyclic) bond motifs is 4. The van der Waals surface area contributed by atoms with E-state index in [2.05, 4.69) is 61.3 Å². The second-order valence-electron chi connectivity index (χ2n) is 12.0. The van der Waals surface area contributed by atoms with Crippen LogP contribution in [0.2, 0.25) is 0 Å². The van der Waals surface area contributed by atoms with Crippen LogP contribution in [0.15, 0.2) is 66.8 Å². The fourth-order valence-corrected chi connectivity index (χ4v) is 6.06. The molecule has 2 aliphatic rings. The van der Waals surface area contributed by atoms with Crippen LogP contribution in [-0.2, 0) is 38.2 Å². The third-order valence-electron chi connectivity index (χ3n) is 8.49. The average Bonchev–Trinajstić information content (AvgIpc) is 3.58. The Bertz CT molecular complexity index is 1530. The maximum absolute atomic E-state index is 13.6. The van der Waals surface area contributed by atoms with Gasteiger partial charge in [0.1, 0.15) is 17.8 Å². The molecular formula is C33H40N4O4. The molecule has 3 heterocycles. The summed E-state index contributed by atoms with van der Waals surface area (Å²) in [5.41, 5.74) is 5.17. The highest BCUT2D eigenvalue weighted by molar-refractivity contribution is 5.90. The molecule has 2 aromatic carbocycles. The van der Waals surface area contributed by atoms with E-state index in [0.29, 0.717) is 0 Å². The maximum Gasteiger partial charge on any atom is 0.328 e. The van der Waals surface area contributed by atoms with Crippen LogP contribution in [-0.4, -0.2) is 47.3 Å². The molecule has 0 unspecified atom stereocenters. The van der Waals surface area contributed by atoms with Gasteiger partial charge in [0.15, 0.2) is 0 Å². The second-order valence-corrected chi connectivity index (χ2v) is 12.0. The molecule has 2 aliphatic heterocycles. The Morgan fingerprint density at radius 1 is 1.22 bits per heavy atom. The highest BCUT2D eigenvalue weighted by Gasteiger charge is 2.54. The third kappa shape index (κ3) is 5.18. The summed E-state index contributed by atoms with van der Waals surface area (Å²) in [4.78, 5) is 30.0. The summed E-state index contributed by atoms with van der Waals surface area (Å²) in [5, 5.41) is 22.3. The number of hydrogen-bond donors (Lipinski definition) is 5. The topological polar surface area (TPSA) is 115 Å². The number of carbonyl (C=O) groups is 2. The number of carbonyl (C=O) groups excluding carboxylic acids is 2. The Morgan fingerprint density at radius 2 is 1.98 bits per heavy atom. The van der Waals surface area contributed by atoms with Crippen molar-refractivity contribution in [3.63, 3.8) is 0 Å². The molecule has 0 spiro atoms. The van der Waals surface area contributed by atoms with Gasteiger partial charge >= 0.3 is 5.97 Å². The van der Waals surface area contributed by atoms with Crippen molar-refractivity contribution in [1.29, 1.82) is 0 Å². The largest absolute Gasteiger partial charge is 0.467 e.